The third-order valence-electron chi connectivity index (χ3n) is 3.82. The Hall–Kier alpha value is -3.56. The van der Waals surface area contributed by atoms with Gasteiger partial charge >= 0.3 is 6.03 Å². The highest BCUT2D eigenvalue weighted by Gasteiger charge is 2.17. The average molecular weight is 445 g/mol. The highest BCUT2D eigenvalue weighted by atomic mass is 35.5. The minimum atomic E-state index is -3.93. The number of urea groups is 1. The lowest BCUT2D eigenvalue weighted by atomic mass is 10.2. The van der Waals surface area contributed by atoms with Crippen LogP contribution in [0.25, 0.3) is 0 Å². The fourth-order valence-corrected chi connectivity index (χ4v) is 3.64. The van der Waals surface area contributed by atoms with E-state index in [0.717, 1.165) is 0 Å². The fraction of sp³-hybridized carbons (Fsp3) is 0. The Balaban J connectivity index is 1.64. The van der Waals surface area contributed by atoms with Gasteiger partial charge in [-0.1, -0.05) is 35.9 Å². The van der Waals surface area contributed by atoms with E-state index in [1.54, 1.807) is 42.5 Å². The van der Waals surface area contributed by atoms with Gasteiger partial charge in [-0.3, -0.25) is 14.9 Å². The lowest BCUT2D eigenvalue weighted by Gasteiger charge is -2.11. The number of nitrogens with one attached hydrogen (secondary N) is 4. The topological polar surface area (TPSA) is 116 Å². The molecule has 0 atom stereocenters. The second-order valence-corrected chi connectivity index (χ2v) is 8.16. The Morgan fingerprint density at radius 1 is 0.767 bits per heavy atom. The Labute approximate surface area is 178 Å². The number of hydrogen-bond donors (Lipinski definition) is 4. The first-order valence-electron chi connectivity index (χ1n) is 8.64. The van der Waals surface area contributed by atoms with Crippen molar-refractivity contribution in [3.05, 3.63) is 89.4 Å². The van der Waals surface area contributed by atoms with E-state index < -0.39 is 22.0 Å². The van der Waals surface area contributed by atoms with Crippen molar-refractivity contribution in [3.8, 4) is 0 Å². The van der Waals surface area contributed by atoms with Crippen LogP contribution >= 0.6 is 11.6 Å². The van der Waals surface area contributed by atoms with Crippen molar-refractivity contribution in [3.63, 3.8) is 0 Å². The molecule has 0 saturated heterocycles. The minimum Gasteiger partial charge on any atom is -0.307 e. The van der Waals surface area contributed by atoms with Gasteiger partial charge in [0.15, 0.2) is 0 Å². The predicted octanol–water partition coefficient (Wildman–Crippen LogP) is 3.61. The van der Waals surface area contributed by atoms with Crippen LogP contribution in [-0.4, -0.2) is 20.4 Å². The van der Waals surface area contributed by atoms with Crippen LogP contribution in [0.4, 0.5) is 16.2 Å². The van der Waals surface area contributed by atoms with Gasteiger partial charge in [0, 0.05) is 22.0 Å². The highest BCUT2D eigenvalue weighted by molar-refractivity contribution is 7.92. The zero-order valence-corrected chi connectivity index (χ0v) is 17.0. The molecular weight excluding hydrogens is 428 g/mol. The van der Waals surface area contributed by atoms with Gasteiger partial charge in [0.1, 0.15) is 0 Å². The molecule has 0 aliphatic heterocycles. The van der Waals surface area contributed by atoms with Crippen LogP contribution in [-0.2, 0) is 10.0 Å². The number of benzene rings is 3. The number of carbonyl (C=O) groups excluding carboxylic acids is 2. The number of rotatable bonds is 5. The number of halogens is 1. The Bertz CT molecular complexity index is 1150. The van der Waals surface area contributed by atoms with Gasteiger partial charge in [0.25, 0.3) is 15.9 Å². The van der Waals surface area contributed by atoms with Crippen LogP contribution in [0, 0.1) is 0 Å². The van der Waals surface area contributed by atoms with Gasteiger partial charge in [-0.2, -0.15) is 0 Å². The van der Waals surface area contributed by atoms with E-state index in [4.69, 9.17) is 11.6 Å². The molecule has 0 saturated carbocycles. The van der Waals surface area contributed by atoms with Crippen LogP contribution in [0.2, 0.25) is 5.02 Å². The summed E-state index contributed by atoms with van der Waals surface area (Å²) in [5, 5.41) is 3.01. The summed E-state index contributed by atoms with van der Waals surface area (Å²) in [4.78, 5) is 24.0. The normalized spacial score (nSPS) is 10.7. The van der Waals surface area contributed by atoms with Crippen LogP contribution in [0.5, 0.6) is 0 Å². The monoisotopic (exact) mass is 444 g/mol. The van der Waals surface area contributed by atoms with E-state index >= 15 is 0 Å². The number of hydrazine groups is 1. The van der Waals surface area contributed by atoms with Gasteiger partial charge in [0.2, 0.25) is 0 Å². The zero-order valence-electron chi connectivity index (χ0n) is 15.4. The molecule has 0 aliphatic carbocycles. The molecule has 4 N–H and O–H groups in total. The van der Waals surface area contributed by atoms with E-state index in [2.05, 4.69) is 20.9 Å². The number of hydrogen-bond acceptors (Lipinski definition) is 4. The molecule has 3 rings (SSSR count). The van der Waals surface area contributed by atoms with E-state index in [-0.39, 0.29) is 10.5 Å². The lowest BCUT2D eigenvalue weighted by Crippen LogP contribution is -2.43. The van der Waals surface area contributed by atoms with Crippen molar-refractivity contribution in [2.24, 2.45) is 0 Å². The molecule has 30 heavy (non-hydrogen) atoms. The molecule has 0 aliphatic rings. The molecule has 3 aromatic carbocycles. The molecule has 0 aromatic heterocycles. The second kappa shape index (κ2) is 9.29. The molecule has 3 aromatic rings. The van der Waals surface area contributed by atoms with Crippen LogP contribution in [0.3, 0.4) is 0 Å². The molecule has 0 fully saturated rings. The third kappa shape index (κ3) is 5.72. The molecular formula is C20H17ClN4O4S. The SMILES string of the molecule is O=C(NNC(=O)c1cccc(S(=O)(=O)Nc2ccc(Cl)cc2)c1)Nc1ccccc1. The summed E-state index contributed by atoms with van der Waals surface area (Å²) in [5.41, 5.74) is 5.35. The third-order valence-corrected chi connectivity index (χ3v) is 5.46. The molecule has 0 unspecified atom stereocenters. The predicted molar refractivity (Wildman–Crippen MR) is 115 cm³/mol. The van der Waals surface area contributed by atoms with Crippen LogP contribution < -0.4 is 20.9 Å². The summed E-state index contributed by atoms with van der Waals surface area (Å²) in [5.74, 6) is -0.679. The summed E-state index contributed by atoms with van der Waals surface area (Å²) in [6, 6.07) is 19.6. The van der Waals surface area contributed by atoms with Crippen molar-refractivity contribution in [1.29, 1.82) is 0 Å². The number of anilines is 2. The first-order chi connectivity index (χ1) is 14.3. The van der Waals surface area contributed by atoms with Crippen LogP contribution in [0.15, 0.2) is 83.8 Å². The van der Waals surface area contributed by atoms with Crippen molar-refractivity contribution < 1.29 is 18.0 Å². The van der Waals surface area contributed by atoms with Gasteiger partial charge in [-0.15, -0.1) is 0 Å². The summed E-state index contributed by atoms with van der Waals surface area (Å²) < 4.78 is 27.6. The fourth-order valence-electron chi connectivity index (χ4n) is 2.41. The molecule has 3 amide bonds. The Kier molecular flexibility index (Phi) is 6.55. The summed E-state index contributed by atoms with van der Waals surface area (Å²) >= 11 is 5.80. The number of para-hydroxylation sites is 1. The van der Waals surface area contributed by atoms with E-state index in [9.17, 15) is 18.0 Å². The molecule has 8 nitrogen and oxygen atoms in total. The first kappa shape index (κ1) is 21.2. The van der Waals surface area contributed by atoms with Gasteiger partial charge in [-0.05, 0) is 54.6 Å². The smallest absolute Gasteiger partial charge is 0.307 e. The molecule has 0 bridgehead atoms. The number of carbonyl (C=O) groups is 2. The molecule has 0 radical (unpaired) electrons. The van der Waals surface area contributed by atoms with Crippen LogP contribution in [0.1, 0.15) is 10.4 Å². The van der Waals surface area contributed by atoms with E-state index in [0.29, 0.717) is 16.4 Å². The average Bonchev–Trinajstić information content (AvgIpc) is 2.74. The summed E-state index contributed by atoms with van der Waals surface area (Å²) in [6.45, 7) is 0. The molecule has 0 heterocycles. The highest BCUT2D eigenvalue weighted by Crippen LogP contribution is 2.19. The quantitative estimate of drug-likeness (QED) is 0.450. The van der Waals surface area contributed by atoms with Gasteiger partial charge < -0.3 is 5.32 Å². The van der Waals surface area contributed by atoms with Crippen molar-refractivity contribution in [1.82, 2.24) is 10.9 Å². The maximum absolute atomic E-state index is 12.6. The van der Waals surface area contributed by atoms with Crippen molar-refractivity contribution in [2.45, 2.75) is 4.90 Å². The first-order valence-corrected chi connectivity index (χ1v) is 10.5. The molecule has 0 spiro atoms. The second-order valence-electron chi connectivity index (χ2n) is 6.04. The molecule has 154 valence electrons. The maximum Gasteiger partial charge on any atom is 0.337 e. The van der Waals surface area contributed by atoms with Crippen molar-refractivity contribution in [2.75, 3.05) is 10.0 Å². The number of sulfonamides is 1. The van der Waals surface area contributed by atoms with E-state index in [1.165, 1.54) is 36.4 Å². The Morgan fingerprint density at radius 2 is 1.47 bits per heavy atom. The van der Waals surface area contributed by atoms with Gasteiger partial charge in [-0.25, -0.2) is 18.6 Å². The maximum atomic E-state index is 12.6. The van der Waals surface area contributed by atoms with Gasteiger partial charge in [0.05, 0.1) is 4.90 Å². The number of amides is 3. The standard InChI is InChI=1S/C20H17ClN4O4S/c21-15-9-11-17(12-10-15)25-30(28,29)18-8-4-5-14(13-18)19(26)23-24-20(27)22-16-6-2-1-3-7-16/h1-13,25H,(H,23,26)(H2,22,24,27). The van der Waals surface area contributed by atoms with Crippen molar-refractivity contribution >= 4 is 44.9 Å². The van der Waals surface area contributed by atoms with E-state index in [1.807, 2.05) is 0 Å². The zero-order chi connectivity index (χ0) is 21.6. The summed E-state index contributed by atoms with van der Waals surface area (Å²) in [7, 11) is -3.93. The largest absolute Gasteiger partial charge is 0.337 e. The summed E-state index contributed by atoms with van der Waals surface area (Å²) in [6.07, 6.45) is 0. The molecule has 10 heteroatoms. The Morgan fingerprint density at radius 3 is 2.17 bits per heavy atom. The lowest BCUT2D eigenvalue weighted by molar-refractivity contribution is 0.0937. The minimum absolute atomic E-state index is 0.0500.